The first-order chi connectivity index (χ1) is 14.1. The van der Waals surface area contributed by atoms with Gasteiger partial charge in [0, 0.05) is 18.2 Å². The number of hydrogen-bond acceptors (Lipinski definition) is 6. The van der Waals surface area contributed by atoms with Crippen molar-refractivity contribution < 1.29 is 18.3 Å². The van der Waals surface area contributed by atoms with Crippen molar-refractivity contribution in [1.82, 2.24) is 24.7 Å². The lowest BCUT2D eigenvalue weighted by Gasteiger charge is -2.23. The lowest BCUT2D eigenvalue weighted by Crippen LogP contribution is -2.25. The third-order valence-corrected chi connectivity index (χ3v) is 4.62. The Morgan fingerprint density at radius 1 is 1.23 bits per heavy atom. The Morgan fingerprint density at radius 3 is 2.53 bits per heavy atom. The van der Waals surface area contributed by atoms with Gasteiger partial charge in [-0.25, -0.2) is 23.7 Å². The van der Waals surface area contributed by atoms with Gasteiger partial charge in [-0.15, -0.1) is 0 Å². The van der Waals surface area contributed by atoms with Gasteiger partial charge in [0.05, 0.1) is 16.6 Å². The van der Waals surface area contributed by atoms with E-state index >= 15 is 0 Å². The minimum Gasteiger partial charge on any atom is -0.460 e. The van der Waals surface area contributed by atoms with Crippen LogP contribution >= 0.6 is 15.9 Å². The smallest absolute Gasteiger partial charge is 0.306 e. The minimum absolute atomic E-state index is 0.0399. The van der Waals surface area contributed by atoms with E-state index in [9.17, 15) is 13.6 Å². The molecule has 0 bridgehead atoms. The van der Waals surface area contributed by atoms with Crippen LogP contribution in [-0.2, 0) is 16.0 Å². The second-order valence-corrected chi connectivity index (χ2v) is 8.57. The number of carbonyl (C=O) groups is 1. The van der Waals surface area contributed by atoms with Gasteiger partial charge in [0.25, 0.3) is 5.95 Å². The molecule has 0 fully saturated rings. The molecule has 0 saturated carbocycles. The molecule has 0 saturated heterocycles. The van der Waals surface area contributed by atoms with Crippen molar-refractivity contribution >= 4 is 21.9 Å². The molecule has 0 N–H and O–H groups in total. The lowest BCUT2D eigenvalue weighted by atomic mass is 9.92. The van der Waals surface area contributed by atoms with Crippen LogP contribution in [-0.4, -0.2) is 36.3 Å². The number of ether oxygens (including phenoxy) is 1. The maximum atomic E-state index is 13.7. The first kappa shape index (κ1) is 21.9. The fraction of sp³-hybridized carbons (Fsp3) is 0.350. The Bertz CT molecular complexity index is 1020. The molecule has 2 aromatic heterocycles. The van der Waals surface area contributed by atoms with Crippen LogP contribution in [0.1, 0.15) is 44.4 Å². The van der Waals surface area contributed by atoms with E-state index in [0.29, 0.717) is 15.7 Å². The Balaban J connectivity index is 1.98. The molecule has 2 heterocycles. The molecule has 7 nitrogen and oxygen atoms in total. The average molecular weight is 480 g/mol. The molecular weight excluding hydrogens is 460 g/mol. The average Bonchev–Trinajstić information content (AvgIpc) is 3.13. The molecule has 1 atom stereocenters. The van der Waals surface area contributed by atoms with Crippen LogP contribution in [0.25, 0.3) is 5.95 Å². The number of aromatic nitrogens is 5. The number of esters is 1. The zero-order valence-corrected chi connectivity index (χ0v) is 18.2. The summed E-state index contributed by atoms with van der Waals surface area (Å²) in [7, 11) is 0. The highest BCUT2D eigenvalue weighted by molar-refractivity contribution is 9.10. The first-order valence-corrected chi connectivity index (χ1v) is 9.94. The molecular formula is C20H20BrF2N5O2. The van der Waals surface area contributed by atoms with Crippen molar-refractivity contribution in [3.05, 3.63) is 64.4 Å². The van der Waals surface area contributed by atoms with Crippen LogP contribution in [0, 0.1) is 11.6 Å². The predicted molar refractivity (Wildman–Crippen MR) is 108 cm³/mol. The van der Waals surface area contributed by atoms with Gasteiger partial charge in [-0.1, -0.05) is 0 Å². The molecule has 3 aromatic rings. The lowest BCUT2D eigenvalue weighted by molar-refractivity contribution is -0.155. The summed E-state index contributed by atoms with van der Waals surface area (Å²) in [4.78, 5) is 25.1. The Labute approximate surface area is 180 Å². The van der Waals surface area contributed by atoms with Crippen LogP contribution in [0.15, 0.2) is 41.5 Å². The van der Waals surface area contributed by atoms with E-state index in [2.05, 4.69) is 36.0 Å². The van der Waals surface area contributed by atoms with E-state index in [-0.39, 0.29) is 18.8 Å². The van der Waals surface area contributed by atoms with Gasteiger partial charge in [-0.05, 0) is 60.8 Å². The zero-order chi connectivity index (χ0) is 21.9. The Morgan fingerprint density at radius 2 is 1.93 bits per heavy atom. The highest BCUT2D eigenvalue weighted by atomic mass is 79.9. The van der Waals surface area contributed by atoms with Crippen LogP contribution in [0.5, 0.6) is 0 Å². The highest BCUT2D eigenvalue weighted by Gasteiger charge is 2.26. The second kappa shape index (κ2) is 8.95. The molecule has 30 heavy (non-hydrogen) atoms. The third kappa shape index (κ3) is 5.88. The molecule has 0 radical (unpaired) electrons. The fourth-order valence-electron chi connectivity index (χ4n) is 2.94. The van der Waals surface area contributed by atoms with Crippen molar-refractivity contribution in [2.24, 2.45) is 0 Å². The van der Waals surface area contributed by atoms with Crippen molar-refractivity contribution in [3.63, 3.8) is 0 Å². The second-order valence-electron chi connectivity index (χ2n) is 7.71. The van der Waals surface area contributed by atoms with E-state index in [4.69, 9.17) is 4.74 Å². The van der Waals surface area contributed by atoms with E-state index in [1.165, 1.54) is 35.7 Å². The van der Waals surface area contributed by atoms with E-state index in [1.54, 1.807) is 20.8 Å². The van der Waals surface area contributed by atoms with Crippen molar-refractivity contribution in [3.8, 4) is 5.95 Å². The van der Waals surface area contributed by atoms with Gasteiger partial charge in [0.2, 0.25) is 0 Å². The van der Waals surface area contributed by atoms with Gasteiger partial charge < -0.3 is 4.74 Å². The summed E-state index contributed by atoms with van der Waals surface area (Å²) in [6.45, 7) is 5.31. The molecule has 0 aliphatic carbocycles. The summed E-state index contributed by atoms with van der Waals surface area (Å²) in [6, 6.07) is 3.27. The molecule has 0 aliphatic rings. The summed E-state index contributed by atoms with van der Waals surface area (Å²) >= 11 is 3.42. The number of hydrogen-bond donors (Lipinski definition) is 0. The SMILES string of the molecule is CC(C)(C)OC(=O)C[C@@H](Cc1cc(F)cc(F)c1)c1nc(-n2cncn2)ncc1Br. The largest absolute Gasteiger partial charge is 0.460 e. The maximum absolute atomic E-state index is 13.7. The molecule has 10 heteroatoms. The minimum atomic E-state index is -0.689. The molecule has 158 valence electrons. The molecule has 0 spiro atoms. The van der Waals surface area contributed by atoms with Crippen LogP contribution in [0.3, 0.4) is 0 Å². The topological polar surface area (TPSA) is 82.8 Å². The molecule has 0 amide bonds. The number of rotatable bonds is 6. The number of carbonyl (C=O) groups excluding carboxylic acids is 1. The molecule has 0 aliphatic heterocycles. The summed E-state index contributed by atoms with van der Waals surface area (Å²) in [5, 5.41) is 4.01. The van der Waals surface area contributed by atoms with Crippen molar-refractivity contribution in [1.29, 1.82) is 0 Å². The normalized spacial score (nSPS) is 12.6. The van der Waals surface area contributed by atoms with Gasteiger partial charge in [-0.3, -0.25) is 4.79 Å². The Hall–Kier alpha value is -2.75. The van der Waals surface area contributed by atoms with Gasteiger partial charge in [0.1, 0.15) is 29.9 Å². The van der Waals surface area contributed by atoms with Crippen molar-refractivity contribution in [2.75, 3.05) is 0 Å². The molecule has 1 aromatic carbocycles. The van der Waals surface area contributed by atoms with Crippen LogP contribution in [0.2, 0.25) is 0 Å². The van der Waals surface area contributed by atoms with E-state index in [1.807, 2.05) is 0 Å². The summed E-state index contributed by atoms with van der Waals surface area (Å²) in [5.74, 6) is -2.10. The van der Waals surface area contributed by atoms with Crippen LogP contribution < -0.4 is 0 Å². The van der Waals surface area contributed by atoms with E-state index < -0.39 is 29.1 Å². The predicted octanol–water partition coefficient (Wildman–Crippen LogP) is 4.16. The first-order valence-electron chi connectivity index (χ1n) is 9.15. The summed E-state index contributed by atoms with van der Waals surface area (Å²) in [6.07, 6.45) is 4.45. The van der Waals surface area contributed by atoms with Crippen LogP contribution in [0.4, 0.5) is 8.78 Å². The third-order valence-electron chi connectivity index (χ3n) is 4.01. The monoisotopic (exact) mass is 479 g/mol. The van der Waals surface area contributed by atoms with Gasteiger partial charge in [-0.2, -0.15) is 9.78 Å². The number of halogens is 3. The Kier molecular flexibility index (Phi) is 6.55. The highest BCUT2D eigenvalue weighted by Crippen LogP contribution is 2.30. The number of benzene rings is 1. The molecule has 0 unspecified atom stereocenters. The standard InChI is InChI=1S/C20H20BrF2N5O2/c1-20(2,3)30-17(29)7-13(4-12-5-14(22)8-15(23)6-12)18-16(21)9-25-19(27-18)28-11-24-10-26-28/h5-6,8-11,13H,4,7H2,1-3H3/t13-/m1/s1. The quantitative estimate of drug-likeness (QED) is 0.493. The fourth-order valence-corrected chi connectivity index (χ4v) is 3.46. The van der Waals surface area contributed by atoms with Crippen molar-refractivity contribution in [2.45, 2.75) is 45.1 Å². The van der Waals surface area contributed by atoms with E-state index in [0.717, 1.165) is 6.07 Å². The van der Waals surface area contributed by atoms with Gasteiger partial charge >= 0.3 is 5.97 Å². The summed E-state index contributed by atoms with van der Waals surface area (Å²) in [5.41, 5.74) is 0.224. The number of nitrogens with zero attached hydrogens (tertiary/aromatic N) is 5. The maximum Gasteiger partial charge on any atom is 0.306 e. The van der Waals surface area contributed by atoms with Gasteiger partial charge in [0.15, 0.2) is 0 Å². The summed E-state index contributed by atoms with van der Waals surface area (Å²) < 4.78 is 34.8. The zero-order valence-electron chi connectivity index (χ0n) is 16.6. The molecule has 3 rings (SSSR count).